The fourth-order valence-corrected chi connectivity index (χ4v) is 3.59. The first-order valence-corrected chi connectivity index (χ1v) is 10.4. The minimum Gasteiger partial charge on any atom is -0.326 e. The van der Waals surface area contributed by atoms with Gasteiger partial charge in [-0.05, 0) is 52.6 Å². The molecular formula is C27H24N2O2. The number of rotatable bonds is 7. The molecule has 0 radical (unpaired) electrons. The SMILES string of the molecule is O=C(CCc1ccccc1)Nc1ccc(NC(=O)Cc2cccc3ccccc23)cc1. The number of aryl methyl sites for hydroxylation is 1. The lowest BCUT2D eigenvalue weighted by Gasteiger charge is -2.09. The number of fused-ring (bicyclic) bond motifs is 1. The molecule has 0 saturated heterocycles. The zero-order valence-corrected chi connectivity index (χ0v) is 17.2. The Hall–Kier alpha value is -3.92. The van der Waals surface area contributed by atoms with E-state index in [0.29, 0.717) is 30.6 Å². The molecule has 2 N–H and O–H groups in total. The smallest absolute Gasteiger partial charge is 0.228 e. The maximum atomic E-state index is 12.5. The third-order valence-electron chi connectivity index (χ3n) is 5.17. The highest BCUT2D eigenvalue weighted by Crippen LogP contribution is 2.20. The average Bonchev–Trinajstić information content (AvgIpc) is 2.80. The Morgan fingerprint density at radius 3 is 1.97 bits per heavy atom. The summed E-state index contributed by atoms with van der Waals surface area (Å²) in [5, 5.41) is 8.05. The number of carbonyl (C=O) groups excluding carboxylic acids is 2. The van der Waals surface area contributed by atoms with Crippen molar-refractivity contribution in [3.8, 4) is 0 Å². The molecule has 4 aromatic rings. The van der Waals surface area contributed by atoms with Crippen LogP contribution in [0.5, 0.6) is 0 Å². The zero-order chi connectivity index (χ0) is 21.5. The van der Waals surface area contributed by atoms with Gasteiger partial charge in [0.15, 0.2) is 0 Å². The van der Waals surface area contributed by atoms with Crippen molar-refractivity contribution in [3.63, 3.8) is 0 Å². The number of amides is 2. The van der Waals surface area contributed by atoms with Crippen molar-refractivity contribution in [2.75, 3.05) is 10.6 Å². The van der Waals surface area contributed by atoms with Crippen molar-refractivity contribution in [3.05, 3.63) is 108 Å². The Labute approximate surface area is 181 Å². The summed E-state index contributed by atoms with van der Waals surface area (Å²) in [6.07, 6.45) is 1.43. The molecule has 0 aliphatic carbocycles. The van der Waals surface area contributed by atoms with Gasteiger partial charge in [0, 0.05) is 17.8 Å². The van der Waals surface area contributed by atoms with E-state index in [-0.39, 0.29) is 11.8 Å². The molecule has 0 spiro atoms. The number of nitrogens with one attached hydrogen (secondary N) is 2. The fraction of sp³-hybridized carbons (Fsp3) is 0.111. The second kappa shape index (κ2) is 9.72. The second-order valence-corrected chi connectivity index (χ2v) is 7.47. The van der Waals surface area contributed by atoms with Gasteiger partial charge >= 0.3 is 0 Å². The molecule has 0 bridgehead atoms. The van der Waals surface area contributed by atoms with Gasteiger partial charge in [0.2, 0.25) is 11.8 Å². The van der Waals surface area contributed by atoms with E-state index in [4.69, 9.17) is 0 Å². The van der Waals surface area contributed by atoms with Gasteiger partial charge < -0.3 is 10.6 Å². The minimum atomic E-state index is -0.0731. The molecule has 4 heteroatoms. The normalized spacial score (nSPS) is 10.6. The first-order chi connectivity index (χ1) is 15.2. The quantitative estimate of drug-likeness (QED) is 0.419. The van der Waals surface area contributed by atoms with Gasteiger partial charge in [-0.1, -0.05) is 72.8 Å². The highest BCUT2D eigenvalue weighted by Gasteiger charge is 2.08. The second-order valence-electron chi connectivity index (χ2n) is 7.47. The minimum absolute atomic E-state index is 0.0309. The van der Waals surface area contributed by atoms with E-state index in [9.17, 15) is 9.59 Å². The summed E-state index contributed by atoms with van der Waals surface area (Å²) >= 11 is 0. The third kappa shape index (κ3) is 5.58. The van der Waals surface area contributed by atoms with E-state index >= 15 is 0 Å². The van der Waals surface area contributed by atoms with Gasteiger partial charge in [-0.2, -0.15) is 0 Å². The summed E-state index contributed by atoms with van der Waals surface area (Å²) in [4.78, 5) is 24.7. The van der Waals surface area contributed by atoms with Crippen molar-refractivity contribution in [2.24, 2.45) is 0 Å². The van der Waals surface area contributed by atoms with Gasteiger partial charge in [-0.25, -0.2) is 0 Å². The van der Waals surface area contributed by atoms with E-state index < -0.39 is 0 Å². The molecule has 0 atom stereocenters. The molecule has 0 unspecified atom stereocenters. The molecular weight excluding hydrogens is 384 g/mol. The standard InChI is InChI=1S/C27H24N2O2/c30-26(18-13-20-7-2-1-3-8-20)28-23-14-16-24(17-15-23)29-27(31)19-22-11-6-10-21-9-4-5-12-25(21)22/h1-12,14-17H,13,18-19H2,(H,28,30)(H,29,31). The highest BCUT2D eigenvalue weighted by molar-refractivity contribution is 5.96. The highest BCUT2D eigenvalue weighted by atomic mass is 16.2. The van der Waals surface area contributed by atoms with Crippen LogP contribution in [-0.2, 0) is 22.4 Å². The van der Waals surface area contributed by atoms with Gasteiger partial charge in [0.1, 0.15) is 0 Å². The lowest BCUT2D eigenvalue weighted by molar-refractivity contribution is -0.116. The van der Waals surface area contributed by atoms with Crippen LogP contribution in [0.15, 0.2) is 97.1 Å². The molecule has 4 nitrogen and oxygen atoms in total. The molecule has 0 fully saturated rings. The molecule has 0 aliphatic rings. The molecule has 4 rings (SSSR count). The first kappa shape index (κ1) is 20.4. The lowest BCUT2D eigenvalue weighted by Crippen LogP contribution is -2.15. The molecule has 2 amide bonds. The van der Waals surface area contributed by atoms with Gasteiger partial charge in [0.25, 0.3) is 0 Å². The fourth-order valence-electron chi connectivity index (χ4n) is 3.59. The van der Waals surface area contributed by atoms with Crippen LogP contribution in [0, 0.1) is 0 Å². The van der Waals surface area contributed by atoms with E-state index in [1.54, 1.807) is 24.3 Å². The molecule has 154 valence electrons. The molecule has 0 aromatic heterocycles. The van der Waals surface area contributed by atoms with Gasteiger partial charge in [0.05, 0.1) is 6.42 Å². The number of hydrogen-bond acceptors (Lipinski definition) is 2. The Balaban J connectivity index is 1.30. The summed E-state index contributed by atoms with van der Waals surface area (Å²) in [5.41, 5.74) is 3.55. The lowest BCUT2D eigenvalue weighted by atomic mass is 10.0. The van der Waals surface area contributed by atoms with E-state index in [0.717, 1.165) is 21.9 Å². The van der Waals surface area contributed by atoms with Crippen LogP contribution in [0.2, 0.25) is 0 Å². The monoisotopic (exact) mass is 408 g/mol. The maximum Gasteiger partial charge on any atom is 0.228 e. The summed E-state index contributed by atoms with van der Waals surface area (Å²) in [7, 11) is 0. The molecule has 31 heavy (non-hydrogen) atoms. The maximum absolute atomic E-state index is 12.5. The van der Waals surface area contributed by atoms with Gasteiger partial charge in [-0.3, -0.25) is 9.59 Å². The molecule has 0 saturated carbocycles. The van der Waals surface area contributed by atoms with Crippen LogP contribution >= 0.6 is 0 Å². The van der Waals surface area contributed by atoms with Crippen molar-refractivity contribution >= 4 is 34.0 Å². The predicted octanol–water partition coefficient (Wildman–Crippen LogP) is 5.59. The van der Waals surface area contributed by atoms with Crippen molar-refractivity contribution in [1.29, 1.82) is 0 Å². The molecule has 4 aromatic carbocycles. The number of hydrogen-bond donors (Lipinski definition) is 2. The Kier molecular flexibility index (Phi) is 6.38. The number of anilines is 2. The van der Waals surface area contributed by atoms with Crippen molar-refractivity contribution in [2.45, 2.75) is 19.3 Å². The van der Waals surface area contributed by atoms with E-state index in [1.807, 2.05) is 72.8 Å². The molecule has 0 heterocycles. The number of carbonyl (C=O) groups is 2. The van der Waals surface area contributed by atoms with Crippen molar-refractivity contribution in [1.82, 2.24) is 0 Å². The van der Waals surface area contributed by atoms with Crippen LogP contribution in [0.4, 0.5) is 11.4 Å². The van der Waals surface area contributed by atoms with E-state index in [2.05, 4.69) is 10.6 Å². The van der Waals surface area contributed by atoms with Gasteiger partial charge in [-0.15, -0.1) is 0 Å². The van der Waals surface area contributed by atoms with Crippen LogP contribution in [0.3, 0.4) is 0 Å². The predicted molar refractivity (Wildman–Crippen MR) is 126 cm³/mol. The Morgan fingerprint density at radius 2 is 1.23 bits per heavy atom. The summed E-state index contributed by atoms with van der Waals surface area (Å²) in [6.45, 7) is 0. The van der Waals surface area contributed by atoms with Crippen molar-refractivity contribution < 1.29 is 9.59 Å². The molecule has 0 aliphatic heterocycles. The van der Waals surface area contributed by atoms with Crippen LogP contribution < -0.4 is 10.6 Å². The Morgan fingerprint density at radius 1 is 0.613 bits per heavy atom. The average molecular weight is 409 g/mol. The summed E-state index contributed by atoms with van der Waals surface area (Å²) < 4.78 is 0. The van der Waals surface area contributed by atoms with Crippen LogP contribution in [-0.4, -0.2) is 11.8 Å². The Bertz CT molecular complexity index is 1180. The first-order valence-electron chi connectivity index (χ1n) is 10.4. The summed E-state index contributed by atoms with van der Waals surface area (Å²) in [5.74, 6) is -0.104. The zero-order valence-electron chi connectivity index (χ0n) is 17.2. The third-order valence-corrected chi connectivity index (χ3v) is 5.17. The topological polar surface area (TPSA) is 58.2 Å². The van der Waals surface area contributed by atoms with Crippen LogP contribution in [0.25, 0.3) is 10.8 Å². The largest absolute Gasteiger partial charge is 0.326 e. The number of benzene rings is 4. The summed E-state index contributed by atoms with van der Waals surface area (Å²) in [6, 6.07) is 31.2. The van der Waals surface area contributed by atoms with E-state index in [1.165, 1.54) is 0 Å². The van der Waals surface area contributed by atoms with Crippen LogP contribution in [0.1, 0.15) is 17.5 Å².